The largest absolute Gasteiger partial charge is 0.507 e. The van der Waals surface area contributed by atoms with Gasteiger partial charge in [-0.2, -0.15) is 0 Å². The average molecular weight is 282 g/mol. The van der Waals surface area contributed by atoms with Gasteiger partial charge in [-0.25, -0.2) is 4.39 Å². The van der Waals surface area contributed by atoms with Crippen LogP contribution < -0.4 is 5.32 Å². The highest BCUT2D eigenvalue weighted by atomic mass is 35.5. The molecule has 19 heavy (non-hydrogen) atoms. The molecule has 6 heteroatoms. The maximum Gasteiger partial charge on any atom is 0.263 e. The third-order valence-corrected chi connectivity index (χ3v) is 2.66. The van der Waals surface area contributed by atoms with Gasteiger partial charge in [-0.15, -0.1) is 0 Å². The van der Waals surface area contributed by atoms with E-state index < -0.39 is 23.2 Å². The molecular formula is C13H9ClFNO3. The van der Waals surface area contributed by atoms with E-state index in [-0.39, 0.29) is 16.3 Å². The zero-order chi connectivity index (χ0) is 14.0. The SMILES string of the molecule is O=C(Nc1cc(Cl)ccc1F)c1c(O)cccc1O. The zero-order valence-corrected chi connectivity index (χ0v) is 10.3. The second kappa shape index (κ2) is 5.16. The Morgan fingerprint density at radius 2 is 1.79 bits per heavy atom. The highest BCUT2D eigenvalue weighted by Crippen LogP contribution is 2.28. The van der Waals surface area contributed by atoms with Crippen LogP contribution in [0.25, 0.3) is 0 Å². The Hall–Kier alpha value is -2.27. The molecule has 2 aromatic carbocycles. The molecule has 1 amide bonds. The van der Waals surface area contributed by atoms with Crippen molar-refractivity contribution < 1.29 is 19.4 Å². The van der Waals surface area contributed by atoms with Crippen LogP contribution in [-0.4, -0.2) is 16.1 Å². The van der Waals surface area contributed by atoms with Gasteiger partial charge < -0.3 is 15.5 Å². The summed E-state index contributed by atoms with van der Waals surface area (Å²) in [4.78, 5) is 11.9. The van der Waals surface area contributed by atoms with Gasteiger partial charge in [-0.3, -0.25) is 4.79 Å². The van der Waals surface area contributed by atoms with Gasteiger partial charge >= 0.3 is 0 Å². The molecule has 3 N–H and O–H groups in total. The number of aromatic hydroxyl groups is 2. The number of anilines is 1. The monoisotopic (exact) mass is 281 g/mol. The molecule has 2 aromatic rings. The van der Waals surface area contributed by atoms with Crippen LogP contribution in [-0.2, 0) is 0 Å². The number of carbonyl (C=O) groups excluding carboxylic acids is 1. The first kappa shape index (κ1) is 13.2. The number of phenolic OH excluding ortho intramolecular Hbond substituents is 2. The van der Waals surface area contributed by atoms with Gasteiger partial charge in [0.2, 0.25) is 0 Å². The molecule has 2 rings (SSSR count). The summed E-state index contributed by atoms with van der Waals surface area (Å²) in [6.07, 6.45) is 0. The van der Waals surface area contributed by atoms with Gasteiger partial charge in [0.05, 0.1) is 5.69 Å². The molecule has 0 saturated carbocycles. The summed E-state index contributed by atoms with van der Waals surface area (Å²) in [7, 11) is 0. The van der Waals surface area contributed by atoms with E-state index in [4.69, 9.17) is 11.6 Å². The quantitative estimate of drug-likeness (QED) is 0.792. The Morgan fingerprint density at radius 3 is 2.42 bits per heavy atom. The fourth-order valence-corrected chi connectivity index (χ4v) is 1.71. The van der Waals surface area contributed by atoms with Gasteiger partial charge in [0.25, 0.3) is 5.91 Å². The fraction of sp³-hybridized carbons (Fsp3) is 0. The number of benzene rings is 2. The molecule has 0 saturated heterocycles. The van der Waals surface area contributed by atoms with Gasteiger partial charge in [-0.1, -0.05) is 17.7 Å². The number of rotatable bonds is 2. The van der Waals surface area contributed by atoms with E-state index in [0.29, 0.717) is 0 Å². The third kappa shape index (κ3) is 2.77. The summed E-state index contributed by atoms with van der Waals surface area (Å²) in [6, 6.07) is 7.52. The average Bonchev–Trinajstić information content (AvgIpc) is 2.33. The molecule has 0 spiro atoms. The van der Waals surface area contributed by atoms with Crippen LogP contribution in [0.5, 0.6) is 11.5 Å². The van der Waals surface area contributed by atoms with Crippen molar-refractivity contribution >= 4 is 23.2 Å². The van der Waals surface area contributed by atoms with Gasteiger partial charge in [-0.05, 0) is 30.3 Å². The fourth-order valence-electron chi connectivity index (χ4n) is 1.54. The second-order valence-electron chi connectivity index (χ2n) is 3.75. The normalized spacial score (nSPS) is 10.2. The minimum atomic E-state index is -0.836. The molecular weight excluding hydrogens is 273 g/mol. The predicted molar refractivity (Wildman–Crippen MR) is 69.1 cm³/mol. The van der Waals surface area contributed by atoms with E-state index in [2.05, 4.69) is 5.32 Å². The molecule has 4 nitrogen and oxygen atoms in total. The van der Waals surface area contributed by atoms with Crippen LogP contribution in [0, 0.1) is 5.82 Å². The second-order valence-corrected chi connectivity index (χ2v) is 4.19. The zero-order valence-electron chi connectivity index (χ0n) is 9.52. The number of amides is 1. The van der Waals surface area contributed by atoms with Crippen molar-refractivity contribution in [1.29, 1.82) is 0 Å². The third-order valence-electron chi connectivity index (χ3n) is 2.42. The standard InChI is InChI=1S/C13H9ClFNO3/c14-7-4-5-8(15)9(6-7)16-13(19)12-10(17)2-1-3-11(12)18/h1-6,17-18H,(H,16,19). The molecule has 98 valence electrons. The Morgan fingerprint density at radius 1 is 1.16 bits per heavy atom. The first-order chi connectivity index (χ1) is 8.99. The van der Waals surface area contributed by atoms with Crippen LogP contribution >= 0.6 is 11.6 Å². The molecule has 0 fully saturated rings. The number of hydrogen-bond donors (Lipinski definition) is 3. The lowest BCUT2D eigenvalue weighted by atomic mass is 10.1. The minimum absolute atomic E-state index is 0.139. The Balaban J connectivity index is 2.34. The van der Waals surface area contributed by atoms with Crippen molar-refractivity contribution in [3.05, 3.63) is 52.8 Å². The number of phenols is 2. The lowest BCUT2D eigenvalue weighted by Gasteiger charge is -2.09. The van der Waals surface area contributed by atoms with E-state index in [1.54, 1.807) is 0 Å². The van der Waals surface area contributed by atoms with Crippen LogP contribution in [0.3, 0.4) is 0 Å². The molecule has 0 heterocycles. The summed E-state index contributed by atoms with van der Waals surface area (Å²) in [6.45, 7) is 0. The van der Waals surface area contributed by atoms with Crippen molar-refractivity contribution in [3.8, 4) is 11.5 Å². The Kier molecular flexibility index (Phi) is 3.57. The molecule has 0 bridgehead atoms. The summed E-state index contributed by atoms with van der Waals surface area (Å²) < 4.78 is 13.4. The summed E-state index contributed by atoms with van der Waals surface area (Å²) in [5.41, 5.74) is -0.470. The molecule has 0 atom stereocenters. The predicted octanol–water partition coefficient (Wildman–Crippen LogP) is 3.14. The topological polar surface area (TPSA) is 69.6 Å². The van der Waals surface area contributed by atoms with E-state index in [1.165, 1.54) is 30.3 Å². The summed E-state index contributed by atoms with van der Waals surface area (Å²) in [5.74, 6) is -2.32. The van der Waals surface area contributed by atoms with E-state index in [0.717, 1.165) is 6.07 Å². The van der Waals surface area contributed by atoms with Crippen LogP contribution in [0.4, 0.5) is 10.1 Å². The number of halogens is 2. The van der Waals surface area contributed by atoms with Crippen molar-refractivity contribution in [2.75, 3.05) is 5.32 Å². The maximum atomic E-state index is 13.4. The van der Waals surface area contributed by atoms with Crippen molar-refractivity contribution in [2.45, 2.75) is 0 Å². The summed E-state index contributed by atoms with van der Waals surface area (Å²) >= 11 is 5.69. The Bertz CT molecular complexity index is 626. The molecule has 0 aromatic heterocycles. The van der Waals surface area contributed by atoms with Gasteiger partial charge in [0, 0.05) is 5.02 Å². The number of hydrogen-bond acceptors (Lipinski definition) is 3. The lowest BCUT2D eigenvalue weighted by Crippen LogP contribution is -2.13. The maximum absolute atomic E-state index is 13.4. The molecule has 0 unspecified atom stereocenters. The van der Waals surface area contributed by atoms with Crippen LogP contribution in [0.1, 0.15) is 10.4 Å². The molecule has 0 aliphatic heterocycles. The van der Waals surface area contributed by atoms with E-state index in [1.807, 2.05) is 0 Å². The van der Waals surface area contributed by atoms with Gasteiger partial charge in [0.1, 0.15) is 22.9 Å². The number of nitrogens with one attached hydrogen (secondary N) is 1. The van der Waals surface area contributed by atoms with Crippen LogP contribution in [0.15, 0.2) is 36.4 Å². The van der Waals surface area contributed by atoms with Gasteiger partial charge in [0.15, 0.2) is 0 Å². The number of carbonyl (C=O) groups is 1. The van der Waals surface area contributed by atoms with E-state index >= 15 is 0 Å². The summed E-state index contributed by atoms with van der Waals surface area (Å²) in [5, 5.41) is 21.5. The van der Waals surface area contributed by atoms with Crippen molar-refractivity contribution in [2.24, 2.45) is 0 Å². The van der Waals surface area contributed by atoms with Crippen molar-refractivity contribution in [3.63, 3.8) is 0 Å². The van der Waals surface area contributed by atoms with E-state index in [9.17, 15) is 19.4 Å². The van der Waals surface area contributed by atoms with Crippen molar-refractivity contribution in [1.82, 2.24) is 0 Å². The Labute approximate surface area is 113 Å². The molecule has 0 radical (unpaired) electrons. The van der Waals surface area contributed by atoms with Crippen LogP contribution in [0.2, 0.25) is 5.02 Å². The first-order valence-electron chi connectivity index (χ1n) is 5.26. The minimum Gasteiger partial charge on any atom is -0.507 e. The lowest BCUT2D eigenvalue weighted by molar-refractivity contribution is 0.102. The highest BCUT2D eigenvalue weighted by Gasteiger charge is 2.17. The molecule has 0 aliphatic carbocycles. The first-order valence-corrected chi connectivity index (χ1v) is 5.64. The molecule has 0 aliphatic rings. The smallest absolute Gasteiger partial charge is 0.263 e. The highest BCUT2D eigenvalue weighted by molar-refractivity contribution is 6.31.